The molecular formula is C12H13ClN2OS. The van der Waals surface area contributed by atoms with Gasteiger partial charge in [0.2, 0.25) is 0 Å². The standard InChI is InChI=1S/C12H13ClN2OS/c1-8-3-2-4-12(15-8)14-7-9(16)10-5-6-11(13)17-10/h2-6,9,16H,7H2,1H3,(H,14,15). The van der Waals surface area contributed by atoms with Crippen molar-refractivity contribution in [3.05, 3.63) is 45.2 Å². The molecule has 1 atom stereocenters. The summed E-state index contributed by atoms with van der Waals surface area (Å²) in [7, 11) is 0. The third-order valence-corrected chi connectivity index (χ3v) is 3.62. The van der Waals surface area contributed by atoms with Crippen molar-refractivity contribution in [3.8, 4) is 0 Å². The van der Waals surface area contributed by atoms with Crippen LogP contribution in [0.3, 0.4) is 0 Å². The summed E-state index contributed by atoms with van der Waals surface area (Å²) in [5.41, 5.74) is 0.948. The van der Waals surface area contributed by atoms with Gasteiger partial charge in [0.1, 0.15) is 11.9 Å². The Morgan fingerprint density at radius 3 is 2.88 bits per heavy atom. The molecule has 0 aliphatic rings. The smallest absolute Gasteiger partial charge is 0.126 e. The third-order valence-electron chi connectivity index (χ3n) is 2.29. The number of nitrogens with one attached hydrogen (secondary N) is 1. The Kier molecular flexibility index (Phi) is 3.99. The van der Waals surface area contributed by atoms with Crippen molar-refractivity contribution in [1.29, 1.82) is 0 Å². The summed E-state index contributed by atoms with van der Waals surface area (Å²) in [6, 6.07) is 9.36. The highest BCUT2D eigenvalue weighted by Gasteiger charge is 2.10. The number of halogens is 1. The second kappa shape index (κ2) is 5.49. The van der Waals surface area contributed by atoms with E-state index in [1.54, 1.807) is 6.07 Å². The highest BCUT2D eigenvalue weighted by Crippen LogP contribution is 2.26. The number of aromatic nitrogens is 1. The van der Waals surface area contributed by atoms with E-state index in [9.17, 15) is 5.11 Å². The lowest BCUT2D eigenvalue weighted by atomic mass is 10.3. The molecule has 0 spiro atoms. The van der Waals surface area contributed by atoms with Crippen molar-refractivity contribution in [1.82, 2.24) is 4.98 Å². The Bertz CT molecular complexity index is 501. The minimum atomic E-state index is -0.560. The van der Waals surface area contributed by atoms with Gasteiger partial charge in [0.25, 0.3) is 0 Å². The van der Waals surface area contributed by atoms with Crippen LogP contribution >= 0.6 is 22.9 Å². The van der Waals surface area contributed by atoms with Gasteiger partial charge in [-0.15, -0.1) is 11.3 Å². The van der Waals surface area contributed by atoms with Gasteiger partial charge < -0.3 is 10.4 Å². The lowest BCUT2D eigenvalue weighted by Crippen LogP contribution is -2.12. The van der Waals surface area contributed by atoms with Crippen molar-refractivity contribution in [2.75, 3.05) is 11.9 Å². The topological polar surface area (TPSA) is 45.1 Å². The first-order chi connectivity index (χ1) is 8.15. The zero-order valence-electron chi connectivity index (χ0n) is 9.35. The molecule has 0 aliphatic heterocycles. The van der Waals surface area contributed by atoms with E-state index in [1.165, 1.54) is 11.3 Å². The molecule has 0 bridgehead atoms. The first-order valence-electron chi connectivity index (χ1n) is 5.26. The van der Waals surface area contributed by atoms with E-state index in [1.807, 2.05) is 31.2 Å². The molecule has 0 fully saturated rings. The van der Waals surface area contributed by atoms with E-state index in [2.05, 4.69) is 10.3 Å². The minimum absolute atomic E-state index is 0.424. The van der Waals surface area contributed by atoms with Crippen LogP contribution in [-0.4, -0.2) is 16.6 Å². The average molecular weight is 269 g/mol. The van der Waals surface area contributed by atoms with E-state index < -0.39 is 6.10 Å². The highest BCUT2D eigenvalue weighted by molar-refractivity contribution is 7.16. The summed E-state index contributed by atoms with van der Waals surface area (Å²) in [5.74, 6) is 0.770. The van der Waals surface area contributed by atoms with E-state index in [4.69, 9.17) is 11.6 Å². The number of hydrogen-bond acceptors (Lipinski definition) is 4. The van der Waals surface area contributed by atoms with E-state index in [0.29, 0.717) is 10.9 Å². The summed E-state index contributed by atoms with van der Waals surface area (Å²) < 4.78 is 0.688. The number of anilines is 1. The lowest BCUT2D eigenvalue weighted by Gasteiger charge is -2.10. The molecule has 2 heterocycles. The molecule has 17 heavy (non-hydrogen) atoms. The van der Waals surface area contributed by atoms with Gasteiger partial charge >= 0.3 is 0 Å². The molecule has 3 nitrogen and oxygen atoms in total. The first kappa shape index (κ1) is 12.4. The van der Waals surface area contributed by atoms with Crippen LogP contribution in [0.4, 0.5) is 5.82 Å². The number of nitrogens with zero attached hydrogens (tertiary/aromatic N) is 1. The van der Waals surface area contributed by atoms with Crippen LogP contribution in [0.2, 0.25) is 4.34 Å². The maximum absolute atomic E-state index is 9.93. The molecule has 5 heteroatoms. The van der Waals surface area contributed by atoms with Crippen molar-refractivity contribution in [2.24, 2.45) is 0 Å². The number of pyridine rings is 1. The molecular weight excluding hydrogens is 256 g/mol. The molecule has 2 aromatic heterocycles. The Morgan fingerprint density at radius 2 is 2.24 bits per heavy atom. The maximum atomic E-state index is 9.93. The molecule has 0 saturated carbocycles. The van der Waals surface area contributed by atoms with Gasteiger partial charge in [-0.25, -0.2) is 4.98 Å². The first-order valence-corrected chi connectivity index (χ1v) is 6.45. The van der Waals surface area contributed by atoms with Crippen LogP contribution in [-0.2, 0) is 0 Å². The van der Waals surface area contributed by atoms with Crippen LogP contribution in [0.5, 0.6) is 0 Å². The quantitative estimate of drug-likeness (QED) is 0.895. The Labute approximate surface area is 109 Å². The lowest BCUT2D eigenvalue weighted by molar-refractivity contribution is 0.195. The van der Waals surface area contributed by atoms with Crippen LogP contribution in [0.15, 0.2) is 30.3 Å². The number of thiophene rings is 1. The normalized spacial score (nSPS) is 12.4. The molecule has 0 aliphatic carbocycles. The molecule has 0 aromatic carbocycles. The molecule has 2 rings (SSSR count). The van der Waals surface area contributed by atoms with Crippen LogP contribution in [0, 0.1) is 6.92 Å². The van der Waals surface area contributed by atoms with Gasteiger partial charge in [-0.2, -0.15) is 0 Å². The van der Waals surface area contributed by atoms with Crippen LogP contribution < -0.4 is 5.32 Å². The van der Waals surface area contributed by atoms with E-state index in [0.717, 1.165) is 16.4 Å². The zero-order chi connectivity index (χ0) is 12.3. The Morgan fingerprint density at radius 1 is 1.41 bits per heavy atom. The van der Waals surface area contributed by atoms with Gasteiger partial charge in [0.15, 0.2) is 0 Å². The van der Waals surface area contributed by atoms with Crippen molar-refractivity contribution >= 4 is 28.8 Å². The average Bonchev–Trinajstić information content (AvgIpc) is 2.73. The molecule has 0 radical (unpaired) electrons. The summed E-state index contributed by atoms with van der Waals surface area (Å²) in [4.78, 5) is 5.16. The fourth-order valence-corrected chi connectivity index (χ4v) is 2.50. The summed E-state index contributed by atoms with van der Waals surface area (Å²) in [6.07, 6.45) is -0.560. The molecule has 90 valence electrons. The number of hydrogen-bond donors (Lipinski definition) is 2. The predicted molar refractivity (Wildman–Crippen MR) is 71.8 cm³/mol. The van der Waals surface area contributed by atoms with Crippen LogP contribution in [0.1, 0.15) is 16.7 Å². The van der Waals surface area contributed by atoms with Gasteiger partial charge in [-0.05, 0) is 31.2 Å². The number of aryl methyl sites for hydroxylation is 1. The minimum Gasteiger partial charge on any atom is -0.386 e. The van der Waals surface area contributed by atoms with Crippen molar-refractivity contribution in [3.63, 3.8) is 0 Å². The predicted octanol–water partition coefficient (Wildman–Crippen LogP) is 3.25. The summed E-state index contributed by atoms with van der Waals surface area (Å²) in [5, 5.41) is 13.0. The van der Waals surface area contributed by atoms with Gasteiger partial charge in [0.05, 0.1) is 4.34 Å². The maximum Gasteiger partial charge on any atom is 0.126 e. The fraction of sp³-hybridized carbons (Fsp3) is 0.250. The van der Waals surface area contributed by atoms with Gasteiger partial charge in [-0.1, -0.05) is 17.7 Å². The molecule has 0 saturated heterocycles. The summed E-state index contributed by atoms with van der Waals surface area (Å²) in [6.45, 7) is 2.36. The highest BCUT2D eigenvalue weighted by atomic mass is 35.5. The van der Waals surface area contributed by atoms with Gasteiger partial charge in [-0.3, -0.25) is 0 Å². The molecule has 2 N–H and O–H groups in total. The number of aliphatic hydroxyl groups excluding tert-OH is 1. The second-order valence-corrected chi connectivity index (χ2v) is 5.45. The largest absolute Gasteiger partial charge is 0.386 e. The van der Waals surface area contributed by atoms with E-state index in [-0.39, 0.29) is 0 Å². The van der Waals surface area contributed by atoms with Crippen molar-refractivity contribution in [2.45, 2.75) is 13.0 Å². The third kappa shape index (κ3) is 3.43. The second-order valence-electron chi connectivity index (χ2n) is 3.70. The number of aliphatic hydroxyl groups is 1. The summed E-state index contributed by atoms with van der Waals surface area (Å²) >= 11 is 7.21. The van der Waals surface area contributed by atoms with E-state index >= 15 is 0 Å². The SMILES string of the molecule is Cc1cccc(NCC(O)c2ccc(Cl)s2)n1. The monoisotopic (exact) mass is 268 g/mol. The molecule has 1 unspecified atom stereocenters. The molecule has 0 amide bonds. The van der Waals surface area contributed by atoms with Crippen LogP contribution in [0.25, 0.3) is 0 Å². The number of rotatable bonds is 4. The molecule has 2 aromatic rings. The van der Waals surface area contributed by atoms with Crippen molar-refractivity contribution < 1.29 is 5.11 Å². The fourth-order valence-electron chi connectivity index (χ4n) is 1.45. The zero-order valence-corrected chi connectivity index (χ0v) is 10.9. The Hall–Kier alpha value is -1.10. The Balaban J connectivity index is 1.94. The van der Waals surface area contributed by atoms with Gasteiger partial charge in [0, 0.05) is 17.1 Å².